The van der Waals surface area contributed by atoms with E-state index in [2.05, 4.69) is 15.3 Å². The van der Waals surface area contributed by atoms with Gasteiger partial charge in [-0.25, -0.2) is 4.98 Å². The van der Waals surface area contributed by atoms with Crippen LogP contribution < -0.4 is 10.1 Å². The molecule has 88 valence electrons. The van der Waals surface area contributed by atoms with Crippen LogP contribution in [-0.2, 0) is 4.79 Å². The Morgan fingerprint density at radius 1 is 1.62 bits per heavy atom. The molecule has 1 rings (SSSR count). The van der Waals surface area contributed by atoms with Crippen LogP contribution in [0.3, 0.4) is 0 Å². The van der Waals surface area contributed by atoms with Crippen molar-refractivity contribution in [2.24, 2.45) is 5.92 Å². The number of nitrogens with one attached hydrogen (secondary N) is 1. The third kappa shape index (κ3) is 3.34. The molecular formula is C10H14ClN3O2. The molecule has 0 aliphatic carbocycles. The van der Waals surface area contributed by atoms with Crippen molar-refractivity contribution in [2.75, 3.05) is 18.3 Å². The maximum Gasteiger partial charge on any atom is 0.232 e. The van der Waals surface area contributed by atoms with Crippen LogP contribution in [0, 0.1) is 12.8 Å². The number of rotatable bonds is 4. The summed E-state index contributed by atoms with van der Waals surface area (Å²) in [5.74, 6) is 0.425. The summed E-state index contributed by atoms with van der Waals surface area (Å²) in [5, 5.41) is 2.58. The lowest BCUT2D eigenvalue weighted by Gasteiger charge is -2.09. The third-order valence-electron chi connectivity index (χ3n) is 1.95. The van der Waals surface area contributed by atoms with Crippen LogP contribution in [0.5, 0.6) is 5.88 Å². The molecule has 1 amide bonds. The van der Waals surface area contributed by atoms with E-state index in [1.165, 1.54) is 7.11 Å². The fourth-order valence-corrected chi connectivity index (χ4v) is 1.14. The largest absolute Gasteiger partial charge is 0.481 e. The molecule has 0 saturated heterocycles. The Labute approximate surface area is 99.2 Å². The van der Waals surface area contributed by atoms with Gasteiger partial charge >= 0.3 is 0 Å². The SMILES string of the molecule is COc1cc(C)nc(NC(=O)C(C)CCl)n1. The topological polar surface area (TPSA) is 64.1 Å². The van der Waals surface area contributed by atoms with Crippen molar-refractivity contribution in [2.45, 2.75) is 13.8 Å². The third-order valence-corrected chi connectivity index (χ3v) is 2.42. The Bertz CT molecular complexity index is 384. The van der Waals surface area contributed by atoms with Crippen LogP contribution in [0.1, 0.15) is 12.6 Å². The highest BCUT2D eigenvalue weighted by Crippen LogP contribution is 2.12. The van der Waals surface area contributed by atoms with Gasteiger partial charge in [0.2, 0.25) is 17.7 Å². The van der Waals surface area contributed by atoms with Gasteiger partial charge in [0.25, 0.3) is 0 Å². The lowest BCUT2D eigenvalue weighted by molar-refractivity contribution is -0.118. The van der Waals surface area contributed by atoms with Gasteiger partial charge in [-0.2, -0.15) is 4.98 Å². The van der Waals surface area contributed by atoms with Crippen molar-refractivity contribution in [3.8, 4) is 5.88 Å². The summed E-state index contributed by atoms with van der Waals surface area (Å²) in [4.78, 5) is 19.6. The van der Waals surface area contributed by atoms with E-state index < -0.39 is 0 Å². The quantitative estimate of drug-likeness (QED) is 0.816. The summed E-state index contributed by atoms with van der Waals surface area (Å²) >= 11 is 5.58. The number of carbonyl (C=O) groups is 1. The molecule has 1 aromatic rings. The molecule has 6 heteroatoms. The van der Waals surface area contributed by atoms with E-state index in [9.17, 15) is 4.79 Å². The highest BCUT2D eigenvalue weighted by molar-refractivity contribution is 6.19. The van der Waals surface area contributed by atoms with E-state index in [4.69, 9.17) is 16.3 Å². The maximum absolute atomic E-state index is 11.5. The average Bonchev–Trinajstić information content (AvgIpc) is 2.26. The number of hydrogen-bond donors (Lipinski definition) is 1. The number of nitrogens with zero attached hydrogens (tertiary/aromatic N) is 2. The lowest BCUT2D eigenvalue weighted by atomic mass is 10.2. The van der Waals surface area contributed by atoms with Crippen LogP contribution in [0.4, 0.5) is 5.95 Å². The molecule has 1 atom stereocenters. The second-order valence-electron chi connectivity index (χ2n) is 3.42. The summed E-state index contributed by atoms with van der Waals surface area (Å²) < 4.78 is 4.98. The second-order valence-corrected chi connectivity index (χ2v) is 3.73. The number of anilines is 1. The predicted octanol–water partition coefficient (Wildman–Crippen LogP) is 1.61. The van der Waals surface area contributed by atoms with Gasteiger partial charge in [-0.05, 0) is 6.92 Å². The van der Waals surface area contributed by atoms with E-state index in [1.54, 1.807) is 19.9 Å². The average molecular weight is 244 g/mol. The van der Waals surface area contributed by atoms with Crippen molar-refractivity contribution in [1.82, 2.24) is 9.97 Å². The van der Waals surface area contributed by atoms with Crippen molar-refractivity contribution in [3.05, 3.63) is 11.8 Å². The molecule has 1 heterocycles. The number of carbonyl (C=O) groups excluding carboxylic acids is 1. The summed E-state index contributed by atoms with van der Waals surface area (Å²) in [6.45, 7) is 3.53. The standard InChI is InChI=1S/C10H14ClN3O2/c1-6(5-11)9(15)14-10-12-7(2)4-8(13-10)16-3/h4,6H,5H2,1-3H3,(H,12,13,14,15). The van der Waals surface area contributed by atoms with Crippen molar-refractivity contribution >= 4 is 23.5 Å². The molecule has 0 radical (unpaired) electrons. The first-order valence-corrected chi connectivity index (χ1v) is 5.36. The van der Waals surface area contributed by atoms with E-state index in [-0.39, 0.29) is 23.7 Å². The van der Waals surface area contributed by atoms with Crippen molar-refractivity contribution in [1.29, 1.82) is 0 Å². The lowest BCUT2D eigenvalue weighted by Crippen LogP contribution is -2.22. The molecule has 0 saturated carbocycles. The summed E-state index contributed by atoms with van der Waals surface area (Å²) in [6, 6.07) is 1.68. The molecule has 0 aliphatic rings. The van der Waals surface area contributed by atoms with E-state index in [0.717, 1.165) is 5.69 Å². The molecule has 1 aromatic heterocycles. The Hall–Kier alpha value is -1.36. The van der Waals surface area contributed by atoms with Gasteiger partial charge in [0.15, 0.2) is 0 Å². The number of alkyl halides is 1. The number of halogens is 1. The first kappa shape index (κ1) is 12.7. The Kier molecular flexibility index (Phi) is 4.49. The zero-order valence-electron chi connectivity index (χ0n) is 9.45. The van der Waals surface area contributed by atoms with Gasteiger partial charge in [-0.15, -0.1) is 11.6 Å². The molecule has 0 aromatic carbocycles. The first-order valence-electron chi connectivity index (χ1n) is 4.83. The van der Waals surface area contributed by atoms with Gasteiger partial charge in [0.05, 0.1) is 7.11 Å². The molecule has 16 heavy (non-hydrogen) atoms. The number of aromatic nitrogens is 2. The zero-order valence-corrected chi connectivity index (χ0v) is 10.2. The van der Waals surface area contributed by atoms with Gasteiger partial charge in [0, 0.05) is 23.6 Å². The van der Waals surface area contributed by atoms with E-state index in [0.29, 0.717) is 5.88 Å². The number of aryl methyl sites for hydroxylation is 1. The zero-order chi connectivity index (χ0) is 12.1. The number of hydrogen-bond acceptors (Lipinski definition) is 4. The van der Waals surface area contributed by atoms with Gasteiger partial charge < -0.3 is 4.74 Å². The van der Waals surface area contributed by atoms with Crippen LogP contribution >= 0.6 is 11.6 Å². The summed E-state index contributed by atoms with van der Waals surface area (Å²) in [6.07, 6.45) is 0. The minimum absolute atomic E-state index is 0.206. The molecule has 5 nitrogen and oxygen atoms in total. The highest BCUT2D eigenvalue weighted by atomic mass is 35.5. The fourth-order valence-electron chi connectivity index (χ4n) is 1.00. The Morgan fingerprint density at radius 3 is 2.88 bits per heavy atom. The number of amides is 1. The minimum Gasteiger partial charge on any atom is -0.481 e. The van der Waals surface area contributed by atoms with Crippen LogP contribution in [0.2, 0.25) is 0 Å². The number of ether oxygens (including phenoxy) is 1. The summed E-state index contributed by atoms with van der Waals surface area (Å²) in [7, 11) is 1.51. The molecule has 0 spiro atoms. The normalized spacial score (nSPS) is 12.0. The minimum atomic E-state index is -0.281. The summed E-state index contributed by atoms with van der Waals surface area (Å²) in [5.41, 5.74) is 0.723. The molecule has 1 unspecified atom stereocenters. The van der Waals surface area contributed by atoms with E-state index >= 15 is 0 Å². The second kappa shape index (κ2) is 5.65. The first-order chi connectivity index (χ1) is 7.56. The fraction of sp³-hybridized carbons (Fsp3) is 0.500. The highest BCUT2D eigenvalue weighted by Gasteiger charge is 2.13. The molecule has 0 bridgehead atoms. The Morgan fingerprint density at radius 2 is 2.31 bits per heavy atom. The maximum atomic E-state index is 11.5. The number of methoxy groups -OCH3 is 1. The monoisotopic (exact) mass is 243 g/mol. The van der Waals surface area contributed by atoms with Gasteiger partial charge in [-0.1, -0.05) is 6.92 Å². The van der Waals surface area contributed by atoms with Crippen LogP contribution in [0.15, 0.2) is 6.07 Å². The van der Waals surface area contributed by atoms with Crippen LogP contribution in [0.25, 0.3) is 0 Å². The van der Waals surface area contributed by atoms with E-state index in [1.807, 2.05) is 0 Å². The smallest absolute Gasteiger partial charge is 0.232 e. The predicted molar refractivity (Wildman–Crippen MR) is 61.8 cm³/mol. The van der Waals surface area contributed by atoms with Gasteiger partial charge in [0.1, 0.15) is 0 Å². The van der Waals surface area contributed by atoms with Crippen molar-refractivity contribution in [3.63, 3.8) is 0 Å². The molecular weight excluding hydrogens is 230 g/mol. The van der Waals surface area contributed by atoms with Crippen LogP contribution in [-0.4, -0.2) is 28.9 Å². The molecule has 0 fully saturated rings. The molecule has 1 N–H and O–H groups in total. The van der Waals surface area contributed by atoms with Crippen molar-refractivity contribution < 1.29 is 9.53 Å². The molecule has 0 aliphatic heterocycles. The van der Waals surface area contributed by atoms with Gasteiger partial charge in [-0.3, -0.25) is 10.1 Å². The Balaban J connectivity index is 2.81.